The van der Waals surface area contributed by atoms with Crippen molar-refractivity contribution >= 4 is 20.0 Å². The first-order chi connectivity index (χ1) is 12.1. The number of carbonyl (C=O) groups is 2. The van der Waals surface area contributed by atoms with Gasteiger partial charge in [-0.1, -0.05) is 47.5 Å². The number of hydrogen-bond acceptors (Lipinski definition) is 4. The van der Waals surface area contributed by atoms with E-state index < -0.39 is 32.4 Å². The van der Waals surface area contributed by atoms with Crippen LogP contribution in [-0.2, 0) is 9.53 Å². The number of ether oxygens (including phenoxy) is 1. The molecular formula is C20H31NO4Si. The average molecular weight is 378 g/mol. The van der Waals surface area contributed by atoms with Gasteiger partial charge in [0.2, 0.25) is 0 Å². The number of aliphatic hydroxyl groups excluding tert-OH is 1. The highest BCUT2D eigenvalue weighted by Gasteiger charge is 2.54. The molecule has 1 N–H and O–H groups in total. The van der Waals surface area contributed by atoms with Crippen molar-refractivity contribution in [1.82, 2.24) is 4.90 Å². The molecule has 26 heavy (non-hydrogen) atoms. The summed E-state index contributed by atoms with van der Waals surface area (Å²) >= 11 is 0. The zero-order chi connectivity index (χ0) is 19.8. The SMILES string of the molecule is CC#C[C@@H](O)[C@H]1OC(=O)N2C=C([Si](C(C)C)(C(C)C)C(C)C)C(=O)C[C@@H]12. The van der Waals surface area contributed by atoms with Crippen molar-refractivity contribution in [2.24, 2.45) is 0 Å². The lowest BCUT2D eigenvalue weighted by Gasteiger charge is -2.46. The molecule has 0 unspecified atom stereocenters. The van der Waals surface area contributed by atoms with Gasteiger partial charge in [-0.15, -0.1) is 5.92 Å². The number of carbonyl (C=O) groups excluding carboxylic acids is 2. The molecule has 2 aliphatic heterocycles. The molecule has 5 nitrogen and oxygen atoms in total. The number of rotatable bonds is 5. The number of nitrogens with zero attached hydrogens (tertiary/aromatic N) is 1. The fraction of sp³-hybridized carbons (Fsp3) is 0.700. The number of amides is 1. The zero-order valence-corrected chi connectivity index (χ0v) is 17.9. The van der Waals surface area contributed by atoms with Gasteiger partial charge in [-0.3, -0.25) is 9.69 Å². The number of fused-ring (bicyclic) bond motifs is 1. The monoisotopic (exact) mass is 377 g/mol. The Balaban J connectivity index is 2.52. The zero-order valence-electron chi connectivity index (χ0n) is 16.9. The molecule has 0 spiro atoms. The highest BCUT2D eigenvalue weighted by atomic mass is 28.3. The predicted octanol–water partition coefficient (Wildman–Crippen LogP) is 3.63. The third-order valence-electron chi connectivity index (χ3n) is 6.08. The highest BCUT2D eigenvalue weighted by Crippen LogP contribution is 2.48. The Morgan fingerprint density at radius 3 is 2.15 bits per heavy atom. The van der Waals surface area contributed by atoms with Crippen LogP contribution >= 0.6 is 0 Å². The van der Waals surface area contributed by atoms with Gasteiger partial charge in [-0.25, -0.2) is 4.79 Å². The fourth-order valence-electron chi connectivity index (χ4n) is 5.21. The molecule has 0 saturated carbocycles. The van der Waals surface area contributed by atoms with Gasteiger partial charge >= 0.3 is 6.09 Å². The minimum absolute atomic E-state index is 0.0916. The third kappa shape index (κ3) is 3.12. The lowest BCUT2D eigenvalue weighted by Crippen LogP contribution is -2.53. The molecule has 0 bridgehead atoms. The van der Waals surface area contributed by atoms with E-state index in [-0.39, 0.29) is 12.2 Å². The molecule has 2 heterocycles. The Morgan fingerprint density at radius 1 is 1.15 bits per heavy atom. The van der Waals surface area contributed by atoms with E-state index in [0.717, 1.165) is 5.20 Å². The summed E-state index contributed by atoms with van der Waals surface area (Å²) < 4.78 is 5.37. The quantitative estimate of drug-likeness (QED) is 0.587. The van der Waals surface area contributed by atoms with Crippen molar-refractivity contribution in [3.05, 3.63) is 11.4 Å². The first-order valence-electron chi connectivity index (χ1n) is 9.43. The topological polar surface area (TPSA) is 66.8 Å². The van der Waals surface area contributed by atoms with Crippen molar-refractivity contribution < 1.29 is 19.4 Å². The van der Waals surface area contributed by atoms with Crippen LogP contribution in [0, 0.1) is 11.8 Å². The second kappa shape index (κ2) is 7.57. The van der Waals surface area contributed by atoms with Crippen molar-refractivity contribution in [3.8, 4) is 11.8 Å². The molecule has 0 aromatic rings. The summed E-state index contributed by atoms with van der Waals surface area (Å²) in [7, 11) is -2.17. The maximum absolute atomic E-state index is 13.2. The summed E-state index contributed by atoms with van der Waals surface area (Å²) in [4.78, 5) is 27.1. The molecule has 1 fully saturated rings. The molecule has 1 amide bonds. The molecule has 3 atom stereocenters. The van der Waals surface area contributed by atoms with E-state index in [2.05, 4.69) is 53.4 Å². The number of aliphatic hydroxyl groups is 1. The van der Waals surface area contributed by atoms with E-state index in [0.29, 0.717) is 16.6 Å². The van der Waals surface area contributed by atoms with E-state index in [1.807, 2.05) is 0 Å². The first kappa shape index (κ1) is 20.7. The van der Waals surface area contributed by atoms with Crippen LogP contribution in [0.4, 0.5) is 4.79 Å². The van der Waals surface area contributed by atoms with Gasteiger partial charge < -0.3 is 9.84 Å². The van der Waals surface area contributed by atoms with Gasteiger partial charge in [0.15, 0.2) is 18.0 Å². The summed E-state index contributed by atoms with van der Waals surface area (Å²) in [6.45, 7) is 14.8. The van der Waals surface area contributed by atoms with Crippen molar-refractivity contribution in [2.75, 3.05) is 0 Å². The van der Waals surface area contributed by atoms with Crippen LogP contribution < -0.4 is 0 Å². The van der Waals surface area contributed by atoms with E-state index in [1.54, 1.807) is 13.1 Å². The van der Waals surface area contributed by atoms with Gasteiger partial charge in [0.05, 0.1) is 6.04 Å². The molecule has 144 valence electrons. The Kier molecular flexibility index (Phi) is 6.04. The summed E-state index contributed by atoms with van der Waals surface area (Å²) in [6.07, 6.45) is -0.432. The van der Waals surface area contributed by atoms with Crippen molar-refractivity contribution in [2.45, 2.75) is 89.8 Å². The normalized spacial score (nSPS) is 24.4. The minimum Gasteiger partial charge on any atom is -0.440 e. The Bertz CT molecular complexity index is 649. The Labute approximate surface area is 157 Å². The van der Waals surface area contributed by atoms with Gasteiger partial charge in [0.25, 0.3) is 0 Å². The Morgan fingerprint density at radius 2 is 1.69 bits per heavy atom. The molecule has 0 aliphatic carbocycles. The van der Waals surface area contributed by atoms with E-state index in [9.17, 15) is 14.7 Å². The number of allylic oxidation sites excluding steroid dienone is 1. The molecule has 2 rings (SSSR count). The van der Waals surface area contributed by atoms with E-state index in [1.165, 1.54) is 4.90 Å². The van der Waals surface area contributed by atoms with Crippen LogP contribution in [0.5, 0.6) is 0 Å². The largest absolute Gasteiger partial charge is 0.440 e. The number of hydrogen-bond donors (Lipinski definition) is 1. The van der Waals surface area contributed by atoms with Crippen molar-refractivity contribution in [1.29, 1.82) is 0 Å². The van der Waals surface area contributed by atoms with Gasteiger partial charge in [0.1, 0.15) is 8.07 Å². The molecular weight excluding hydrogens is 346 g/mol. The molecule has 6 heteroatoms. The van der Waals surface area contributed by atoms with Crippen LogP contribution in [-0.4, -0.2) is 48.2 Å². The molecule has 0 aromatic heterocycles. The summed E-state index contributed by atoms with van der Waals surface area (Å²) in [5.74, 6) is 5.36. The van der Waals surface area contributed by atoms with Gasteiger partial charge in [0, 0.05) is 12.6 Å². The van der Waals surface area contributed by atoms with Crippen LogP contribution in [0.25, 0.3) is 0 Å². The second-order valence-electron chi connectivity index (χ2n) is 8.23. The van der Waals surface area contributed by atoms with Crippen LogP contribution in [0.1, 0.15) is 54.9 Å². The third-order valence-corrected chi connectivity index (χ3v) is 13.2. The standard InChI is InChI=1S/C20H31NO4Si/c1-8-9-16(22)19-15-10-17(23)18(11-21(15)20(24)25-19)26(12(2)3,13(4)5)14(6)7/h11-16,19,22H,10H2,1-7H3/t15-,16+,19-/m0/s1. The van der Waals surface area contributed by atoms with Gasteiger partial charge in [-0.05, 0) is 28.7 Å². The Hall–Kier alpha value is -1.58. The first-order valence-corrected chi connectivity index (χ1v) is 11.7. The summed E-state index contributed by atoms with van der Waals surface area (Å²) in [5.41, 5.74) is 1.13. The maximum atomic E-state index is 13.2. The second-order valence-corrected chi connectivity index (χ2v) is 14.1. The molecule has 0 radical (unpaired) electrons. The number of Topliss-reactive ketones (excluding diaryl/α,β-unsaturated/α-hetero) is 1. The maximum Gasteiger partial charge on any atom is 0.414 e. The minimum atomic E-state index is -2.17. The van der Waals surface area contributed by atoms with Gasteiger partial charge in [-0.2, -0.15) is 0 Å². The summed E-state index contributed by atoms with van der Waals surface area (Å²) in [5, 5.41) is 11.0. The van der Waals surface area contributed by atoms with Crippen LogP contribution in [0.15, 0.2) is 11.4 Å². The highest BCUT2D eigenvalue weighted by molar-refractivity contribution is 6.93. The average Bonchev–Trinajstić information content (AvgIpc) is 2.83. The lowest BCUT2D eigenvalue weighted by atomic mass is 9.97. The molecule has 1 saturated heterocycles. The van der Waals surface area contributed by atoms with Crippen LogP contribution in [0.2, 0.25) is 16.6 Å². The molecule has 2 aliphatic rings. The number of ketones is 1. The van der Waals surface area contributed by atoms with Crippen LogP contribution in [0.3, 0.4) is 0 Å². The fourth-order valence-corrected chi connectivity index (χ4v) is 12.0. The predicted molar refractivity (Wildman–Crippen MR) is 104 cm³/mol. The molecule has 0 aromatic carbocycles. The van der Waals surface area contributed by atoms with Crippen molar-refractivity contribution in [3.63, 3.8) is 0 Å². The van der Waals surface area contributed by atoms with E-state index >= 15 is 0 Å². The summed E-state index contributed by atoms with van der Waals surface area (Å²) in [6, 6.07) is -0.479. The lowest BCUT2D eigenvalue weighted by molar-refractivity contribution is -0.117. The number of cyclic esters (lactones) is 1. The smallest absolute Gasteiger partial charge is 0.414 e. The van der Waals surface area contributed by atoms with E-state index in [4.69, 9.17) is 4.74 Å².